The van der Waals surface area contributed by atoms with Gasteiger partial charge in [-0.3, -0.25) is 9.98 Å². The summed E-state index contributed by atoms with van der Waals surface area (Å²) in [5.74, 6) is 9.11. The third-order valence-corrected chi connectivity index (χ3v) is 9.29. The molecule has 4 fully saturated rings. The van der Waals surface area contributed by atoms with Crippen molar-refractivity contribution in [3.8, 4) is 0 Å². The summed E-state index contributed by atoms with van der Waals surface area (Å²) >= 11 is 0. The molecule has 42 heavy (non-hydrogen) atoms. The van der Waals surface area contributed by atoms with E-state index in [0.717, 1.165) is 17.3 Å². The zero-order valence-electron chi connectivity index (χ0n) is 26.9. The second kappa shape index (κ2) is 21.6. The van der Waals surface area contributed by atoms with Gasteiger partial charge in [0.1, 0.15) is 0 Å². The first-order valence-corrected chi connectivity index (χ1v) is 15.9. The van der Waals surface area contributed by atoms with Crippen molar-refractivity contribution in [3.05, 3.63) is 47.9 Å². The molecule has 6 heteroatoms. The van der Waals surface area contributed by atoms with Crippen LogP contribution in [0.3, 0.4) is 0 Å². The maximum atomic E-state index is 4.63. The molecule has 4 saturated carbocycles. The molecule has 0 aliphatic heterocycles. The number of rotatable bonds is 6. The van der Waals surface area contributed by atoms with E-state index in [1.165, 1.54) is 77.0 Å². The van der Waals surface area contributed by atoms with Crippen molar-refractivity contribution in [2.24, 2.45) is 43.9 Å². The van der Waals surface area contributed by atoms with Crippen molar-refractivity contribution in [3.63, 3.8) is 0 Å². The van der Waals surface area contributed by atoms with Crippen LogP contribution in [0, 0.1) is 47.3 Å². The third-order valence-electron chi connectivity index (χ3n) is 9.29. The smallest absolute Gasteiger partial charge is 0.314 e. The summed E-state index contributed by atoms with van der Waals surface area (Å²) in [5.41, 5.74) is 2.06. The Morgan fingerprint density at radius 3 is 1.24 bits per heavy atom. The van der Waals surface area contributed by atoms with Crippen LogP contribution in [-0.2, 0) is 34.1 Å². The first kappa shape index (κ1) is 39.0. The number of hydrogen-bond donors (Lipinski definition) is 0. The second-order valence-electron chi connectivity index (χ2n) is 12.4. The molecule has 5 rings (SSSR count). The van der Waals surface area contributed by atoms with E-state index in [0.29, 0.717) is 17.8 Å². The molecule has 0 spiro atoms. The largest absolute Gasteiger partial charge is 2.00 e. The molecule has 4 aliphatic carbocycles. The fraction of sp³-hybridized carbons (Fsp3) is 0.611. The van der Waals surface area contributed by atoms with Crippen molar-refractivity contribution in [2.45, 2.75) is 119 Å². The van der Waals surface area contributed by atoms with Crippen LogP contribution in [0.15, 0.2) is 44.5 Å². The summed E-state index contributed by atoms with van der Waals surface area (Å²) in [4.78, 5) is 9.26. The normalized spacial score (nSPS) is 27.4. The molecule has 0 radical (unpaired) electrons. The second-order valence-corrected chi connectivity index (χ2v) is 12.4. The standard InChI is InChI=1S/C20H26N2.C9H15N2.C7H13.2Fe/c1-15-5-3-7-17(15)13-21-19-9-11-20(12-10-19)22-14-18-8-4-6-16(18)2;1-3-10-11-7-9-6-4-5-8(9)2;1-6-4-3-5-7(6)2;;/h9-14,17-18H,3-8H2,1-2H3;3,7,9H,4-6H2,1-2H3;6H,3-5H2,1-2H3;;/q-2;2*-1;2*+2/b;10-3+,11-7+;;;. The van der Waals surface area contributed by atoms with Crippen LogP contribution in [0.4, 0.5) is 11.4 Å². The van der Waals surface area contributed by atoms with Crippen molar-refractivity contribution < 1.29 is 34.1 Å². The van der Waals surface area contributed by atoms with Crippen LogP contribution < -0.4 is 0 Å². The molecule has 0 saturated heterocycles. The Morgan fingerprint density at radius 2 is 0.952 bits per heavy atom. The van der Waals surface area contributed by atoms with Gasteiger partial charge in [-0.05, 0) is 43.6 Å². The Kier molecular flexibility index (Phi) is 20.0. The minimum absolute atomic E-state index is 0. The SMILES string of the molecule is C/C=N/N=C/C1CCC[C-]1C.C[C-]1CCCC1C.C[C-]1CCCC1C=Nc1ccc(N=CC2CCC[C-]2C)cc1.[Fe+2].[Fe+2]. The van der Waals surface area contributed by atoms with Crippen molar-refractivity contribution >= 4 is 36.2 Å². The summed E-state index contributed by atoms with van der Waals surface area (Å²) in [6.45, 7) is 13.2. The Balaban J connectivity index is 0.000000369. The average molecular weight is 655 g/mol. The van der Waals surface area contributed by atoms with Gasteiger partial charge in [0.05, 0.1) is 11.4 Å². The first-order valence-electron chi connectivity index (χ1n) is 15.9. The zero-order chi connectivity index (χ0) is 28.7. The zero-order valence-corrected chi connectivity index (χ0v) is 29.1. The summed E-state index contributed by atoms with van der Waals surface area (Å²) in [5, 5.41) is 7.75. The summed E-state index contributed by atoms with van der Waals surface area (Å²) in [6, 6.07) is 8.27. The van der Waals surface area contributed by atoms with Crippen LogP contribution >= 0.6 is 0 Å². The van der Waals surface area contributed by atoms with Gasteiger partial charge in [0.2, 0.25) is 0 Å². The topological polar surface area (TPSA) is 49.4 Å². The number of aliphatic imine (C=N–C) groups is 2. The van der Waals surface area contributed by atoms with Crippen LogP contribution in [0.25, 0.3) is 0 Å². The molecule has 4 aliphatic rings. The van der Waals surface area contributed by atoms with Crippen molar-refractivity contribution in [1.82, 2.24) is 0 Å². The molecule has 0 heterocycles. The van der Waals surface area contributed by atoms with Gasteiger partial charge >= 0.3 is 34.1 Å². The third kappa shape index (κ3) is 13.7. The Labute approximate surface area is 279 Å². The minimum Gasteiger partial charge on any atom is -0.314 e. The van der Waals surface area contributed by atoms with Gasteiger partial charge in [-0.1, -0.05) is 58.3 Å². The van der Waals surface area contributed by atoms with Gasteiger partial charge in [-0.2, -0.15) is 69.5 Å². The average Bonchev–Trinajstić information content (AvgIpc) is 3.75. The van der Waals surface area contributed by atoms with E-state index in [2.05, 4.69) is 91.5 Å². The van der Waals surface area contributed by atoms with Crippen molar-refractivity contribution in [1.29, 1.82) is 0 Å². The summed E-state index contributed by atoms with van der Waals surface area (Å²) in [6.07, 6.45) is 23.7. The van der Waals surface area contributed by atoms with Crippen LogP contribution in [-0.4, -0.2) is 24.9 Å². The molecule has 234 valence electrons. The Hall–Kier alpha value is -1.06. The van der Waals surface area contributed by atoms with E-state index in [4.69, 9.17) is 0 Å². The monoisotopic (exact) mass is 654 g/mol. The quantitative estimate of drug-likeness (QED) is 0.127. The van der Waals surface area contributed by atoms with E-state index >= 15 is 0 Å². The summed E-state index contributed by atoms with van der Waals surface area (Å²) in [7, 11) is 0. The van der Waals surface area contributed by atoms with Gasteiger partial charge in [-0.25, -0.2) is 0 Å². The predicted octanol–water partition coefficient (Wildman–Crippen LogP) is 10.7. The van der Waals surface area contributed by atoms with Gasteiger partial charge in [0, 0.05) is 12.4 Å². The Morgan fingerprint density at radius 1 is 0.571 bits per heavy atom. The molecule has 1 aromatic rings. The molecule has 4 unspecified atom stereocenters. The molecule has 0 bridgehead atoms. The van der Waals surface area contributed by atoms with Crippen molar-refractivity contribution in [2.75, 3.05) is 0 Å². The van der Waals surface area contributed by atoms with E-state index in [1.54, 1.807) is 29.9 Å². The van der Waals surface area contributed by atoms with Crippen LogP contribution in [0.2, 0.25) is 0 Å². The van der Waals surface area contributed by atoms with Gasteiger partial charge < -0.3 is 23.7 Å². The maximum absolute atomic E-state index is 4.63. The molecule has 0 N–H and O–H groups in total. The van der Waals surface area contributed by atoms with Gasteiger partial charge in [0.25, 0.3) is 0 Å². The predicted molar refractivity (Wildman–Crippen MR) is 176 cm³/mol. The first-order chi connectivity index (χ1) is 19.4. The molecule has 1 aromatic carbocycles. The van der Waals surface area contributed by atoms with Gasteiger partial charge in [-0.15, -0.1) is 17.8 Å². The minimum atomic E-state index is 0. The summed E-state index contributed by atoms with van der Waals surface area (Å²) < 4.78 is 0. The fourth-order valence-corrected chi connectivity index (χ4v) is 6.05. The fourth-order valence-electron chi connectivity index (χ4n) is 6.05. The van der Waals surface area contributed by atoms with E-state index in [1.807, 2.05) is 13.1 Å². The van der Waals surface area contributed by atoms with Gasteiger partial charge in [0.15, 0.2) is 0 Å². The Bertz CT molecular complexity index is 901. The molecular weight excluding hydrogens is 600 g/mol. The number of benzene rings is 1. The number of nitrogens with zero attached hydrogens (tertiary/aromatic N) is 4. The molecule has 0 aromatic heterocycles. The molecule has 0 amide bonds. The molecule has 4 atom stereocenters. The van der Waals surface area contributed by atoms with E-state index in [9.17, 15) is 0 Å². The molecular formula is C36H54Fe2N4. The number of hydrogen-bond acceptors (Lipinski definition) is 4. The van der Waals surface area contributed by atoms with E-state index < -0.39 is 0 Å². The van der Waals surface area contributed by atoms with Crippen LogP contribution in [0.1, 0.15) is 119 Å². The molecule has 4 nitrogen and oxygen atoms in total. The van der Waals surface area contributed by atoms with Crippen LogP contribution in [0.5, 0.6) is 0 Å². The van der Waals surface area contributed by atoms with E-state index in [-0.39, 0.29) is 34.1 Å². The maximum Gasteiger partial charge on any atom is 2.00 e.